The highest BCUT2D eigenvalue weighted by Crippen LogP contribution is 2.12. The minimum atomic E-state index is -0.599. The Labute approximate surface area is 97.1 Å². The highest BCUT2D eigenvalue weighted by atomic mass is 16.3. The van der Waals surface area contributed by atoms with Gasteiger partial charge in [0.25, 0.3) is 0 Å². The van der Waals surface area contributed by atoms with E-state index in [0.29, 0.717) is 13.1 Å². The van der Waals surface area contributed by atoms with Crippen LogP contribution in [0.5, 0.6) is 0 Å². The van der Waals surface area contributed by atoms with Crippen LogP contribution in [0.1, 0.15) is 38.1 Å². The Morgan fingerprint density at radius 1 is 1.25 bits per heavy atom. The van der Waals surface area contributed by atoms with Gasteiger partial charge in [-0.15, -0.1) is 0 Å². The second-order valence-corrected chi connectivity index (χ2v) is 4.18. The van der Waals surface area contributed by atoms with E-state index in [1.807, 2.05) is 20.8 Å². The molecule has 0 atom stereocenters. The highest BCUT2D eigenvalue weighted by molar-refractivity contribution is 5.00. The number of aromatic nitrogens is 2. The lowest BCUT2D eigenvalue weighted by molar-refractivity contribution is 0.0322. The van der Waals surface area contributed by atoms with Gasteiger partial charge in [0.05, 0.1) is 17.0 Å². The molecule has 0 amide bonds. The first kappa shape index (κ1) is 13.1. The van der Waals surface area contributed by atoms with Gasteiger partial charge in [0.1, 0.15) is 0 Å². The number of hydrogen-bond acceptors (Lipinski definition) is 4. The van der Waals surface area contributed by atoms with Crippen molar-refractivity contribution in [3.63, 3.8) is 0 Å². The van der Waals surface area contributed by atoms with Crippen molar-refractivity contribution >= 4 is 0 Å². The van der Waals surface area contributed by atoms with Crippen molar-refractivity contribution < 1.29 is 5.11 Å². The molecule has 1 aromatic heterocycles. The van der Waals surface area contributed by atoms with E-state index in [0.717, 1.165) is 24.2 Å². The van der Waals surface area contributed by atoms with Crippen LogP contribution in [0.15, 0.2) is 12.4 Å². The summed E-state index contributed by atoms with van der Waals surface area (Å²) in [6.45, 7) is 7.15. The fourth-order valence-corrected chi connectivity index (χ4v) is 1.43. The molecule has 4 heteroatoms. The van der Waals surface area contributed by atoms with Gasteiger partial charge < -0.3 is 10.4 Å². The number of nitrogens with one attached hydrogen (secondary N) is 1. The topological polar surface area (TPSA) is 58.0 Å². The second kappa shape index (κ2) is 5.92. The molecular formula is C12H21N3O. The van der Waals surface area contributed by atoms with Gasteiger partial charge in [-0.1, -0.05) is 13.8 Å². The lowest BCUT2D eigenvalue weighted by Gasteiger charge is -2.25. The third-order valence-electron chi connectivity index (χ3n) is 2.91. The first-order chi connectivity index (χ1) is 7.59. The van der Waals surface area contributed by atoms with Gasteiger partial charge in [0.15, 0.2) is 0 Å². The predicted molar refractivity (Wildman–Crippen MR) is 64.0 cm³/mol. The van der Waals surface area contributed by atoms with Crippen LogP contribution in [0, 0.1) is 6.92 Å². The average Bonchev–Trinajstić information content (AvgIpc) is 2.31. The Bertz CT molecular complexity index is 307. The minimum absolute atomic E-state index is 0.593. The number of aliphatic hydroxyl groups is 1. The molecule has 0 aliphatic carbocycles. The summed E-state index contributed by atoms with van der Waals surface area (Å²) in [7, 11) is 0. The maximum atomic E-state index is 10.1. The normalized spacial score (nSPS) is 11.8. The van der Waals surface area contributed by atoms with E-state index in [4.69, 9.17) is 0 Å². The molecule has 2 N–H and O–H groups in total. The van der Waals surface area contributed by atoms with Gasteiger partial charge in [-0.3, -0.25) is 9.97 Å². The van der Waals surface area contributed by atoms with Gasteiger partial charge in [-0.2, -0.15) is 0 Å². The van der Waals surface area contributed by atoms with E-state index in [2.05, 4.69) is 15.3 Å². The van der Waals surface area contributed by atoms with E-state index < -0.39 is 5.60 Å². The molecule has 0 aliphatic heterocycles. The molecule has 4 nitrogen and oxygen atoms in total. The zero-order chi connectivity index (χ0) is 12.0. The summed E-state index contributed by atoms with van der Waals surface area (Å²) in [6, 6.07) is 0. The summed E-state index contributed by atoms with van der Waals surface area (Å²) in [4.78, 5) is 8.41. The lowest BCUT2D eigenvalue weighted by Crippen LogP contribution is -2.39. The van der Waals surface area contributed by atoms with E-state index in [-0.39, 0.29) is 0 Å². The zero-order valence-electron chi connectivity index (χ0n) is 10.3. The van der Waals surface area contributed by atoms with Crippen LogP contribution in [0.25, 0.3) is 0 Å². The third-order valence-corrected chi connectivity index (χ3v) is 2.91. The summed E-state index contributed by atoms with van der Waals surface area (Å²) in [5.74, 6) is 0. The van der Waals surface area contributed by atoms with Gasteiger partial charge in [0, 0.05) is 25.5 Å². The first-order valence-electron chi connectivity index (χ1n) is 5.80. The molecule has 0 bridgehead atoms. The third kappa shape index (κ3) is 3.87. The molecule has 0 spiro atoms. The van der Waals surface area contributed by atoms with Crippen molar-refractivity contribution in [3.05, 3.63) is 23.8 Å². The zero-order valence-corrected chi connectivity index (χ0v) is 10.3. The molecule has 1 aromatic rings. The summed E-state index contributed by atoms with van der Waals surface area (Å²) < 4.78 is 0. The van der Waals surface area contributed by atoms with Crippen LogP contribution in [-0.2, 0) is 6.54 Å². The van der Waals surface area contributed by atoms with Gasteiger partial charge >= 0.3 is 0 Å². The smallest absolute Gasteiger partial charge is 0.0766 e. The SMILES string of the molecule is CCC(O)(CC)CNCc1cnc(C)cn1. The monoisotopic (exact) mass is 223 g/mol. The minimum Gasteiger partial charge on any atom is -0.389 e. The quantitative estimate of drug-likeness (QED) is 0.766. The number of nitrogens with zero attached hydrogens (tertiary/aromatic N) is 2. The highest BCUT2D eigenvalue weighted by Gasteiger charge is 2.21. The molecule has 0 saturated carbocycles. The summed E-state index contributed by atoms with van der Waals surface area (Å²) in [6.07, 6.45) is 5.04. The molecule has 0 saturated heterocycles. The van der Waals surface area contributed by atoms with Crippen LogP contribution in [-0.4, -0.2) is 27.2 Å². The van der Waals surface area contributed by atoms with Gasteiger partial charge in [0.2, 0.25) is 0 Å². The van der Waals surface area contributed by atoms with E-state index in [9.17, 15) is 5.11 Å². The predicted octanol–water partition coefficient (Wildman–Crippen LogP) is 1.43. The molecule has 1 heterocycles. The van der Waals surface area contributed by atoms with Crippen molar-refractivity contribution in [2.24, 2.45) is 0 Å². The Hall–Kier alpha value is -1.00. The van der Waals surface area contributed by atoms with Crippen molar-refractivity contribution in [3.8, 4) is 0 Å². The summed E-state index contributed by atoms with van der Waals surface area (Å²) in [5, 5.41) is 13.3. The van der Waals surface area contributed by atoms with E-state index in [1.165, 1.54) is 0 Å². The van der Waals surface area contributed by atoms with E-state index >= 15 is 0 Å². The van der Waals surface area contributed by atoms with Crippen molar-refractivity contribution in [1.82, 2.24) is 15.3 Å². The van der Waals surface area contributed by atoms with Gasteiger partial charge in [-0.25, -0.2) is 0 Å². The number of rotatable bonds is 6. The lowest BCUT2D eigenvalue weighted by atomic mass is 9.98. The Morgan fingerprint density at radius 3 is 2.44 bits per heavy atom. The van der Waals surface area contributed by atoms with E-state index in [1.54, 1.807) is 12.4 Å². The van der Waals surface area contributed by atoms with Crippen LogP contribution in [0.2, 0.25) is 0 Å². The molecule has 0 unspecified atom stereocenters. The van der Waals surface area contributed by atoms with Gasteiger partial charge in [-0.05, 0) is 19.8 Å². The standard InChI is InChI=1S/C12H21N3O/c1-4-12(16,5-2)9-13-7-11-8-14-10(3)6-15-11/h6,8,13,16H,4-5,7,9H2,1-3H3. The maximum absolute atomic E-state index is 10.1. The molecule has 0 fully saturated rings. The number of hydrogen-bond donors (Lipinski definition) is 2. The Morgan fingerprint density at radius 2 is 1.94 bits per heavy atom. The fraction of sp³-hybridized carbons (Fsp3) is 0.667. The summed E-state index contributed by atoms with van der Waals surface area (Å²) in [5.41, 5.74) is 1.22. The van der Waals surface area contributed by atoms with Crippen molar-refractivity contribution in [1.29, 1.82) is 0 Å². The molecule has 0 radical (unpaired) electrons. The average molecular weight is 223 g/mol. The van der Waals surface area contributed by atoms with Crippen molar-refractivity contribution in [2.45, 2.75) is 45.8 Å². The fourth-order valence-electron chi connectivity index (χ4n) is 1.43. The maximum Gasteiger partial charge on any atom is 0.0766 e. The largest absolute Gasteiger partial charge is 0.389 e. The van der Waals surface area contributed by atoms with Crippen LogP contribution in [0.4, 0.5) is 0 Å². The van der Waals surface area contributed by atoms with Crippen molar-refractivity contribution in [2.75, 3.05) is 6.54 Å². The Balaban J connectivity index is 2.38. The molecule has 0 aliphatic rings. The summed E-state index contributed by atoms with van der Waals surface area (Å²) >= 11 is 0. The first-order valence-corrected chi connectivity index (χ1v) is 5.80. The Kier molecular flexibility index (Phi) is 4.83. The second-order valence-electron chi connectivity index (χ2n) is 4.18. The molecular weight excluding hydrogens is 202 g/mol. The number of aryl methyl sites for hydroxylation is 1. The van der Waals surface area contributed by atoms with Crippen LogP contribution < -0.4 is 5.32 Å². The molecule has 1 rings (SSSR count). The molecule has 0 aromatic carbocycles. The molecule has 90 valence electrons. The van der Waals surface area contributed by atoms with Crippen LogP contribution >= 0.6 is 0 Å². The molecule has 16 heavy (non-hydrogen) atoms. The van der Waals surface area contributed by atoms with Crippen LogP contribution in [0.3, 0.4) is 0 Å².